The van der Waals surface area contributed by atoms with Gasteiger partial charge >= 0.3 is 0 Å². The Kier molecular flexibility index (Phi) is 6.08. The minimum absolute atomic E-state index is 0.0463. The van der Waals surface area contributed by atoms with Gasteiger partial charge in [0, 0.05) is 30.2 Å². The number of rotatable bonds is 7. The molecule has 1 N–H and O–H groups in total. The topological polar surface area (TPSA) is 88.1 Å². The standard InChI is InChI=1S/C20H16ClN3O3/c21-17-7-2-1-6-16(17)18-13-23-20(27-18)9-8-19(25)24-14-4-3-5-15(12-14)26-11-10-22/h1-7,12-13H,8-9,11H2,(H,24,25). The maximum absolute atomic E-state index is 12.1. The van der Waals surface area contributed by atoms with E-state index in [1.54, 1.807) is 36.5 Å². The normalized spacial score (nSPS) is 10.2. The first-order valence-corrected chi connectivity index (χ1v) is 8.63. The Morgan fingerprint density at radius 1 is 1.26 bits per heavy atom. The molecule has 3 rings (SSSR count). The van der Waals surface area contributed by atoms with E-state index in [0.717, 1.165) is 5.56 Å². The van der Waals surface area contributed by atoms with Crippen molar-refractivity contribution >= 4 is 23.2 Å². The summed E-state index contributed by atoms with van der Waals surface area (Å²) in [5.74, 6) is 1.38. The second-order valence-electron chi connectivity index (χ2n) is 5.62. The molecule has 0 aliphatic heterocycles. The minimum Gasteiger partial charge on any atom is -0.479 e. The van der Waals surface area contributed by atoms with Crippen molar-refractivity contribution in [2.75, 3.05) is 11.9 Å². The van der Waals surface area contributed by atoms with Crippen LogP contribution in [0, 0.1) is 11.3 Å². The number of aryl methyl sites for hydroxylation is 1. The summed E-state index contributed by atoms with van der Waals surface area (Å²) >= 11 is 6.15. The Morgan fingerprint density at radius 2 is 2.11 bits per heavy atom. The highest BCUT2D eigenvalue weighted by molar-refractivity contribution is 6.33. The average Bonchev–Trinajstić information content (AvgIpc) is 3.14. The first-order chi connectivity index (χ1) is 13.2. The van der Waals surface area contributed by atoms with Crippen LogP contribution in [-0.2, 0) is 11.2 Å². The van der Waals surface area contributed by atoms with Crippen molar-refractivity contribution in [3.05, 3.63) is 65.6 Å². The van der Waals surface area contributed by atoms with Gasteiger partial charge < -0.3 is 14.5 Å². The van der Waals surface area contributed by atoms with Crippen LogP contribution in [0.3, 0.4) is 0 Å². The maximum Gasteiger partial charge on any atom is 0.224 e. The highest BCUT2D eigenvalue weighted by atomic mass is 35.5. The molecular weight excluding hydrogens is 366 g/mol. The van der Waals surface area contributed by atoms with Crippen LogP contribution in [-0.4, -0.2) is 17.5 Å². The molecule has 0 spiro atoms. The van der Waals surface area contributed by atoms with Crippen molar-refractivity contribution in [2.45, 2.75) is 12.8 Å². The molecule has 0 aliphatic carbocycles. The van der Waals surface area contributed by atoms with Gasteiger partial charge in [0.05, 0.1) is 11.2 Å². The van der Waals surface area contributed by atoms with Crippen molar-refractivity contribution in [2.24, 2.45) is 0 Å². The summed E-state index contributed by atoms with van der Waals surface area (Å²) < 4.78 is 10.9. The number of aromatic nitrogens is 1. The number of halogens is 1. The summed E-state index contributed by atoms with van der Waals surface area (Å²) in [6, 6.07) is 16.1. The van der Waals surface area contributed by atoms with Gasteiger partial charge in [-0.2, -0.15) is 5.26 Å². The number of oxazole rings is 1. The van der Waals surface area contributed by atoms with Crippen molar-refractivity contribution in [3.63, 3.8) is 0 Å². The van der Waals surface area contributed by atoms with E-state index in [1.165, 1.54) is 0 Å². The van der Waals surface area contributed by atoms with Gasteiger partial charge in [-0.05, 0) is 24.3 Å². The fraction of sp³-hybridized carbons (Fsp3) is 0.150. The second-order valence-corrected chi connectivity index (χ2v) is 6.03. The minimum atomic E-state index is -0.176. The van der Waals surface area contributed by atoms with Gasteiger partial charge in [0.15, 0.2) is 18.3 Å². The lowest BCUT2D eigenvalue weighted by Crippen LogP contribution is -2.12. The Hall–Kier alpha value is -3.30. The SMILES string of the molecule is N#CCOc1cccc(NC(=O)CCc2ncc(-c3ccccc3Cl)o2)c1. The van der Waals surface area contributed by atoms with Crippen molar-refractivity contribution < 1.29 is 13.9 Å². The Bertz CT molecular complexity index is 978. The van der Waals surface area contributed by atoms with Crippen LogP contribution >= 0.6 is 11.6 Å². The van der Waals surface area contributed by atoms with E-state index in [0.29, 0.717) is 34.5 Å². The van der Waals surface area contributed by atoms with Crippen molar-refractivity contribution in [1.29, 1.82) is 5.26 Å². The lowest BCUT2D eigenvalue weighted by molar-refractivity contribution is -0.116. The first kappa shape index (κ1) is 18.5. The zero-order chi connectivity index (χ0) is 19.1. The lowest BCUT2D eigenvalue weighted by Gasteiger charge is -2.07. The Labute approximate surface area is 161 Å². The smallest absolute Gasteiger partial charge is 0.224 e. The van der Waals surface area contributed by atoms with E-state index in [9.17, 15) is 4.79 Å². The van der Waals surface area contributed by atoms with Crippen LogP contribution < -0.4 is 10.1 Å². The number of nitriles is 1. The largest absolute Gasteiger partial charge is 0.479 e. The van der Waals surface area contributed by atoms with Crippen LogP contribution in [0.1, 0.15) is 12.3 Å². The summed E-state index contributed by atoms with van der Waals surface area (Å²) in [5.41, 5.74) is 1.36. The fourth-order valence-corrected chi connectivity index (χ4v) is 2.66. The van der Waals surface area contributed by atoms with Gasteiger partial charge in [-0.3, -0.25) is 4.79 Å². The molecule has 1 amide bonds. The average molecular weight is 382 g/mol. The van der Waals surface area contributed by atoms with Crippen LogP contribution in [0.2, 0.25) is 5.02 Å². The fourth-order valence-electron chi connectivity index (χ4n) is 2.43. The van der Waals surface area contributed by atoms with Crippen molar-refractivity contribution in [1.82, 2.24) is 4.98 Å². The number of amides is 1. The number of anilines is 1. The predicted molar refractivity (Wildman–Crippen MR) is 101 cm³/mol. The highest BCUT2D eigenvalue weighted by Gasteiger charge is 2.11. The molecule has 136 valence electrons. The number of hydrogen-bond acceptors (Lipinski definition) is 5. The van der Waals surface area contributed by atoms with Gasteiger partial charge in [-0.25, -0.2) is 4.98 Å². The molecule has 1 heterocycles. The summed E-state index contributed by atoms with van der Waals surface area (Å²) in [5, 5.41) is 11.9. The molecule has 0 fully saturated rings. The molecule has 0 unspecified atom stereocenters. The monoisotopic (exact) mass is 381 g/mol. The van der Waals surface area contributed by atoms with Gasteiger partial charge in [0.25, 0.3) is 0 Å². The highest BCUT2D eigenvalue weighted by Crippen LogP contribution is 2.28. The third-order valence-electron chi connectivity index (χ3n) is 3.68. The van der Waals surface area contributed by atoms with Crippen LogP contribution in [0.5, 0.6) is 5.75 Å². The van der Waals surface area contributed by atoms with E-state index in [1.807, 2.05) is 24.3 Å². The summed E-state index contributed by atoms with van der Waals surface area (Å²) in [7, 11) is 0. The quantitative estimate of drug-likeness (QED) is 0.652. The molecule has 7 heteroatoms. The molecule has 0 saturated heterocycles. The molecule has 6 nitrogen and oxygen atoms in total. The third-order valence-corrected chi connectivity index (χ3v) is 4.01. The molecule has 3 aromatic rings. The molecule has 2 aromatic carbocycles. The molecule has 0 atom stereocenters. The summed E-state index contributed by atoms with van der Waals surface area (Å²) in [6.07, 6.45) is 2.18. The number of nitrogens with one attached hydrogen (secondary N) is 1. The van der Waals surface area contributed by atoms with Crippen LogP contribution in [0.25, 0.3) is 11.3 Å². The second kappa shape index (κ2) is 8.88. The number of hydrogen-bond donors (Lipinski definition) is 1. The zero-order valence-electron chi connectivity index (χ0n) is 14.3. The molecule has 1 aromatic heterocycles. The first-order valence-electron chi connectivity index (χ1n) is 8.25. The predicted octanol–water partition coefficient (Wildman–Crippen LogP) is 4.47. The van der Waals surface area contributed by atoms with Gasteiger partial charge in [0.2, 0.25) is 5.91 Å². The van der Waals surface area contributed by atoms with Crippen molar-refractivity contribution in [3.8, 4) is 23.1 Å². The lowest BCUT2D eigenvalue weighted by atomic mass is 10.2. The van der Waals surface area contributed by atoms with Crippen LogP contribution in [0.4, 0.5) is 5.69 Å². The third kappa shape index (κ3) is 5.09. The molecular formula is C20H16ClN3O3. The van der Waals surface area contributed by atoms with E-state index in [-0.39, 0.29) is 18.9 Å². The molecule has 0 radical (unpaired) electrons. The van der Waals surface area contributed by atoms with E-state index in [2.05, 4.69) is 10.3 Å². The molecule has 0 bridgehead atoms. The molecule has 27 heavy (non-hydrogen) atoms. The number of carbonyl (C=O) groups is 1. The number of nitrogens with zero attached hydrogens (tertiary/aromatic N) is 2. The van der Waals surface area contributed by atoms with E-state index >= 15 is 0 Å². The van der Waals surface area contributed by atoms with Crippen LogP contribution in [0.15, 0.2) is 59.1 Å². The Balaban J connectivity index is 1.56. The number of carbonyl (C=O) groups excluding carboxylic acids is 1. The number of benzene rings is 2. The van der Waals surface area contributed by atoms with E-state index in [4.69, 9.17) is 26.0 Å². The summed E-state index contributed by atoms with van der Waals surface area (Å²) in [4.78, 5) is 16.4. The molecule has 0 aliphatic rings. The number of ether oxygens (including phenoxy) is 1. The Morgan fingerprint density at radius 3 is 2.93 bits per heavy atom. The van der Waals surface area contributed by atoms with E-state index < -0.39 is 0 Å². The van der Waals surface area contributed by atoms with Gasteiger partial charge in [0.1, 0.15) is 11.8 Å². The van der Waals surface area contributed by atoms with Gasteiger partial charge in [-0.1, -0.05) is 29.8 Å². The van der Waals surface area contributed by atoms with Gasteiger partial charge in [-0.15, -0.1) is 0 Å². The summed E-state index contributed by atoms with van der Waals surface area (Å²) in [6.45, 7) is -0.0463. The maximum atomic E-state index is 12.1. The zero-order valence-corrected chi connectivity index (χ0v) is 15.1. The molecule has 0 saturated carbocycles.